The van der Waals surface area contributed by atoms with Gasteiger partial charge >= 0.3 is 0 Å². The third kappa shape index (κ3) is 2.51. The molecule has 3 heterocycles. The average molecular weight is 263 g/mol. The topological polar surface area (TPSA) is 37.8 Å². The summed E-state index contributed by atoms with van der Waals surface area (Å²) in [4.78, 5) is 9.01. The van der Waals surface area contributed by atoms with Crippen LogP contribution in [-0.4, -0.2) is 28.0 Å². The molecule has 3 nitrogen and oxygen atoms in total. The van der Waals surface area contributed by atoms with E-state index < -0.39 is 0 Å². The Balaban J connectivity index is 1.83. The van der Waals surface area contributed by atoms with Crippen molar-refractivity contribution in [1.29, 1.82) is 0 Å². The minimum Gasteiger partial charge on any atom is -0.306 e. The van der Waals surface area contributed by atoms with Gasteiger partial charge in [0, 0.05) is 29.6 Å². The minimum atomic E-state index is 0.413. The number of aromatic nitrogens is 2. The van der Waals surface area contributed by atoms with E-state index in [4.69, 9.17) is 0 Å². The monoisotopic (exact) mass is 263 g/mol. The smallest absolute Gasteiger partial charge is 0.111 e. The molecule has 88 valence electrons. The van der Waals surface area contributed by atoms with E-state index in [1.54, 1.807) is 11.3 Å². The molecule has 0 aliphatic carbocycles. The fraction of sp³-hybridized carbons (Fsp3) is 0.333. The molecular weight excluding hydrogens is 250 g/mol. The van der Waals surface area contributed by atoms with Crippen molar-refractivity contribution in [2.45, 2.75) is 6.04 Å². The third-order valence-corrected chi connectivity index (χ3v) is 4.69. The lowest BCUT2D eigenvalue weighted by atomic mass is 10.3. The SMILES string of the molecule is c1ccc(-c2csc(C3CSCCN3)n2)nc1. The number of hydrogen-bond donors (Lipinski definition) is 1. The summed E-state index contributed by atoms with van der Waals surface area (Å²) >= 11 is 3.72. The highest BCUT2D eigenvalue weighted by molar-refractivity contribution is 7.99. The molecule has 1 N–H and O–H groups in total. The van der Waals surface area contributed by atoms with Crippen molar-refractivity contribution >= 4 is 23.1 Å². The van der Waals surface area contributed by atoms with Gasteiger partial charge in [0.15, 0.2) is 0 Å². The van der Waals surface area contributed by atoms with Gasteiger partial charge in [0.1, 0.15) is 5.01 Å². The van der Waals surface area contributed by atoms with Gasteiger partial charge in [-0.15, -0.1) is 11.3 Å². The lowest BCUT2D eigenvalue weighted by Gasteiger charge is -2.20. The third-order valence-electron chi connectivity index (χ3n) is 2.67. The van der Waals surface area contributed by atoms with Crippen LogP contribution in [0.25, 0.3) is 11.4 Å². The summed E-state index contributed by atoms with van der Waals surface area (Å²) in [5, 5.41) is 6.78. The maximum Gasteiger partial charge on any atom is 0.111 e. The standard InChI is InChI=1S/C12H13N3S2/c1-2-4-13-9(3-1)10-8-17-12(15-10)11-7-16-6-5-14-11/h1-4,8,11,14H,5-7H2. The van der Waals surface area contributed by atoms with Gasteiger partial charge in [-0.3, -0.25) is 4.98 Å². The number of hydrogen-bond acceptors (Lipinski definition) is 5. The maximum absolute atomic E-state index is 4.68. The van der Waals surface area contributed by atoms with E-state index in [-0.39, 0.29) is 0 Å². The predicted octanol–water partition coefficient (Wildman–Crippen LogP) is 2.58. The van der Waals surface area contributed by atoms with Crippen LogP contribution in [0.4, 0.5) is 0 Å². The van der Waals surface area contributed by atoms with E-state index in [1.807, 2.05) is 36.2 Å². The van der Waals surface area contributed by atoms with Crippen LogP contribution in [0.5, 0.6) is 0 Å². The van der Waals surface area contributed by atoms with Crippen molar-refractivity contribution in [2.75, 3.05) is 18.1 Å². The Hall–Kier alpha value is -0.910. The van der Waals surface area contributed by atoms with Crippen LogP contribution in [0.15, 0.2) is 29.8 Å². The molecule has 0 amide bonds. The molecule has 0 bridgehead atoms. The van der Waals surface area contributed by atoms with Crippen molar-refractivity contribution < 1.29 is 0 Å². The number of pyridine rings is 1. The van der Waals surface area contributed by atoms with Gasteiger partial charge in [-0.2, -0.15) is 11.8 Å². The zero-order valence-corrected chi connectivity index (χ0v) is 10.9. The highest BCUT2D eigenvalue weighted by atomic mass is 32.2. The van der Waals surface area contributed by atoms with Crippen molar-refractivity contribution in [3.8, 4) is 11.4 Å². The van der Waals surface area contributed by atoms with Gasteiger partial charge in [-0.05, 0) is 12.1 Å². The summed E-state index contributed by atoms with van der Waals surface area (Å²) in [5.74, 6) is 2.32. The number of thioether (sulfide) groups is 1. The molecule has 1 aliphatic rings. The first-order valence-electron chi connectivity index (χ1n) is 5.61. The van der Waals surface area contributed by atoms with Crippen LogP contribution < -0.4 is 5.32 Å². The fourth-order valence-corrected chi connectivity index (χ4v) is 3.74. The van der Waals surface area contributed by atoms with Gasteiger partial charge in [-0.1, -0.05) is 6.07 Å². The van der Waals surface area contributed by atoms with Crippen LogP contribution in [0.2, 0.25) is 0 Å². The molecule has 2 aromatic rings. The Labute approximate surface area is 109 Å². The van der Waals surface area contributed by atoms with Gasteiger partial charge in [0.25, 0.3) is 0 Å². The van der Waals surface area contributed by atoms with Crippen LogP contribution >= 0.6 is 23.1 Å². The molecule has 1 fully saturated rings. The van der Waals surface area contributed by atoms with E-state index in [2.05, 4.69) is 20.7 Å². The lowest BCUT2D eigenvalue weighted by Crippen LogP contribution is -2.30. The molecule has 2 aromatic heterocycles. The summed E-state index contributed by atoms with van der Waals surface area (Å²) in [6.07, 6.45) is 1.81. The lowest BCUT2D eigenvalue weighted by molar-refractivity contribution is 0.592. The van der Waals surface area contributed by atoms with Crippen molar-refractivity contribution in [3.05, 3.63) is 34.8 Å². The summed E-state index contributed by atoms with van der Waals surface area (Å²) in [5.41, 5.74) is 1.95. The Kier molecular flexibility index (Phi) is 3.40. The van der Waals surface area contributed by atoms with Crippen LogP contribution in [0.1, 0.15) is 11.0 Å². The number of nitrogens with one attached hydrogen (secondary N) is 1. The molecule has 1 saturated heterocycles. The van der Waals surface area contributed by atoms with Crippen LogP contribution in [-0.2, 0) is 0 Å². The van der Waals surface area contributed by atoms with Crippen LogP contribution in [0.3, 0.4) is 0 Å². The summed E-state index contributed by atoms with van der Waals surface area (Å²) in [6, 6.07) is 6.34. The summed E-state index contributed by atoms with van der Waals surface area (Å²) < 4.78 is 0. The Morgan fingerprint density at radius 1 is 1.29 bits per heavy atom. The average Bonchev–Trinajstić information content (AvgIpc) is 2.90. The number of rotatable bonds is 2. The number of thiazole rings is 1. The largest absolute Gasteiger partial charge is 0.306 e. The molecule has 17 heavy (non-hydrogen) atoms. The molecule has 1 aliphatic heterocycles. The summed E-state index contributed by atoms with van der Waals surface area (Å²) in [6.45, 7) is 1.08. The quantitative estimate of drug-likeness (QED) is 0.903. The second kappa shape index (κ2) is 5.16. The molecule has 1 unspecified atom stereocenters. The van der Waals surface area contributed by atoms with Gasteiger partial charge in [0.05, 0.1) is 17.4 Å². The molecule has 0 saturated carbocycles. The molecule has 0 radical (unpaired) electrons. The Bertz CT molecular complexity index is 478. The predicted molar refractivity (Wildman–Crippen MR) is 73.4 cm³/mol. The minimum absolute atomic E-state index is 0.413. The van der Waals surface area contributed by atoms with Gasteiger partial charge in [-0.25, -0.2) is 4.98 Å². The zero-order valence-electron chi connectivity index (χ0n) is 9.30. The van der Waals surface area contributed by atoms with Crippen LogP contribution in [0, 0.1) is 0 Å². The fourth-order valence-electron chi connectivity index (χ4n) is 1.80. The van der Waals surface area contributed by atoms with E-state index in [0.29, 0.717) is 6.04 Å². The first kappa shape index (κ1) is 11.2. The molecular formula is C12H13N3S2. The zero-order chi connectivity index (χ0) is 11.5. The molecule has 1 atom stereocenters. The van der Waals surface area contributed by atoms with E-state index in [1.165, 1.54) is 10.8 Å². The number of nitrogens with zero attached hydrogens (tertiary/aromatic N) is 2. The summed E-state index contributed by atoms with van der Waals surface area (Å²) in [7, 11) is 0. The van der Waals surface area contributed by atoms with Crippen molar-refractivity contribution in [1.82, 2.24) is 15.3 Å². The molecule has 0 spiro atoms. The van der Waals surface area contributed by atoms with Gasteiger partial charge in [0.2, 0.25) is 0 Å². The first-order chi connectivity index (χ1) is 8.43. The Morgan fingerprint density at radius 3 is 3.06 bits per heavy atom. The van der Waals surface area contributed by atoms with E-state index >= 15 is 0 Å². The normalized spacial score (nSPS) is 20.4. The first-order valence-corrected chi connectivity index (χ1v) is 7.65. The highest BCUT2D eigenvalue weighted by Crippen LogP contribution is 2.27. The molecule has 3 rings (SSSR count). The maximum atomic E-state index is 4.68. The van der Waals surface area contributed by atoms with Crippen molar-refractivity contribution in [2.24, 2.45) is 0 Å². The molecule has 0 aromatic carbocycles. The highest BCUT2D eigenvalue weighted by Gasteiger charge is 2.18. The van der Waals surface area contributed by atoms with Crippen molar-refractivity contribution in [3.63, 3.8) is 0 Å². The van der Waals surface area contributed by atoms with E-state index in [0.717, 1.165) is 23.7 Å². The van der Waals surface area contributed by atoms with E-state index in [9.17, 15) is 0 Å². The second-order valence-electron chi connectivity index (χ2n) is 3.87. The second-order valence-corrected chi connectivity index (χ2v) is 5.91. The Morgan fingerprint density at radius 2 is 2.29 bits per heavy atom. The van der Waals surface area contributed by atoms with Gasteiger partial charge < -0.3 is 5.32 Å². The molecule has 5 heteroatoms.